The van der Waals surface area contributed by atoms with E-state index in [0.717, 1.165) is 17.5 Å². The molecule has 0 radical (unpaired) electrons. The van der Waals surface area contributed by atoms with Crippen LogP contribution in [0.5, 0.6) is 5.75 Å². The van der Waals surface area contributed by atoms with Gasteiger partial charge in [-0.05, 0) is 24.1 Å². The SMILES string of the molecule is CCC(C)(CBr)c1ccc(OC)cc1. The van der Waals surface area contributed by atoms with Crippen molar-refractivity contribution in [1.82, 2.24) is 0 Å². The molecule has 78 valence electrons. The Morgan fingerprint density at radius 3 is 2.21 bits per heavy atom. The van der Waals surface area contributed by atoms with Crippen molar-refractivity contribution in [2.45, 2.75) is 25.7 Å². The molecule has 1 unspecified atom stereocenters. The van der Waals surface area contributed by atoms with Crippen LogP contribution in [0.4, 0.5) is 0 Å². The van der Waals surface area contributed by atoms with Gasteiger partial charge in [-0.15, -0.1) is 0 Å². The molecule has 0 bridgehead atoms. The third kappa shape index (κ3) is 2.30. The molecule has 0 aliphatic heterocycles. The van der Waals surface area contributed by atoms with Crippen molar-refractivity contribution >= 4 is 15.9 Å². The average molecular weight is 257 g/mol. The Bertz CT molecular complexity index is 275. The Morgan fingerprint density at radius 1 is 1.29 bits per heavy atom. The van der Waals surface area contributed by atoms with Crippen LogP contribution in [0.25, 0.3) is 0 Å². The van der Waals surface area contributed by atoms with E-state index in [2.05, 4.69) is 41.9 Å². The summed E-state index contributed by atoms with van der Waals surface area (Å²) in [6.45, 7) is 4.48. The third-order valence-electron chi connectivity index (χ3n) is 2.86. The largest absolute Gasteiger partial charge is 0.497 e. The second kappa shape index (κ2) is 4.83. The van der Waals surface area contributed by atoms with Gasteiger partial charge in [0.2, 0.25) is 0 Å². The highest BCUT2D eigenvalue weighted by molar-refractivity contribution is 9.09. The molecule has 2 heteroatoms. The van der Waals surface area contributed by atoms with Crippen molar-refractivity contribution in [3.05, 3.63) is 29.8 Å². The van der Waals surface area contributed by atoms with E-state index in [1.165, 1.54) is 5.56 Å². The van der Waals surface area contributed by atoms with Crippen molar-refractivity contribution in [2.75, 3.05) is 12.4 Å². The zero-order chi connectivity index (χ0) is 10.6. The molecule has 0 aliphatic rings. The van der Waals surface area contributed by atoms with Crippen LogP contribution in [0.3, 0.4) is 0 Å². The molecule has 0 N–H and O–H groups in total. The van der Waals surface area contributed by atoms with E-state index in [0.29, 0.717) is 0 Å². The number of methoxy groups -OCH3 is 1. The molecule has 0 saturated carbocycles. The number of rotatable bonds is 4. The fraction of sp³-hybridized carbons (Fsp3) is 0.500. The maximum absolute atomic E-state index is 5.14. The number of benzene rings is 1. The third-order valence-corrected chi connectivity index (χ3v) is 4.10. The first-order chi connectivity index (χ1) is 6.66. The first kappa shape index (κ1) is 11.6. The van der Waals surface area contributed by atoms with Crippen molar-refractivity contribution in [3.63, 3.8) is 0 Å². The van der Waals surface area contributed by atoms with Gasteiger partial charge in [-0.3, -0.25) is 0 Å². The minimum Gasteiger partial charge on any atom is -0.497 e. The lowest BCUT2D eigenvalue weighted by Crippen LogP contribution is -2.22. The van der Waals surface area contributed by atoms with Gasteiger partial charge in [0.25, 0.3) is 0 Å². The van der Waals surface area contributed by atoms with E-state index in [9.17, 15) is 0 Å². The molecule has 1 rings (SSSR count). The zero-order valence-electron chi connectivity index (χ0n) is 9.01. The Morgan fingerprint density at radius 2 is 1.86 bits per heavy atom. The topological polar surface area (TPSA) is 9.23 Å². The molecule has 0 aliphatic carbocycles. The Labute approximate surface area is 94.6 Å². The van der Waals surface area contributed by atoms with Crippen LogP contribution in [-0.4, -0.2) is 12.4 Å². The maximum atomic E-state index is 5.14. The first-order valence-electron chi connectivity index (χ1n) is 4.87. The molecule has 0 spiro atoms. The molecule has 0 heterocycles. The quantitative estimate of drug-likeness (QED) is 0.746. The van der Waals surface area contributed by atoms with Crippen LogP contribution in [0.1, 0.15) is 25.8 Å². The van der Waals surface area contributed by atoms with Gasteiger partial charge >= 0.3 is 0 Å². The van der Waals surface area contributed by atoms with Gasteiger partial charge in [0.05, 0.1) is 7.11 Å². The zero-order valence-corrected chi connectivity index (χ0v) is 10.6. The lowest BCUT2D eigenvalue weighted by Gasteiger charge is -2.26. The molecule has 1 aromatic carbocycles. The maximum Gasteiger partial charge on any atom is 0.118 e. The second-order valence-electron chi connectivity index (χ2n) is 3.78. The molecule has 1 atom stereocenters. The summed E-state index contributed by atoms with van der Waals surface area (Å²) in [7, 11) is 1.69. The smallest absolute Gasteiger partial charge is 0.118 e. The van der Waals surface area contributed by atoms with E-state index in [1.807, 2.05) is 12.1 Å². The Kier molecular flexibility index (Phi) is 3.99. The van der Waals surface area contributed by atoms with Crippen LogP contribution in [-0.2, 0) is 5.41 Å². The summed E-state index contributed by atoms with van der Waals surface area (Å²) in [5.41, 5.74) is 1.59. The number of hydrogen-bond donors (Lipinski definition) is 0. The molecule has 14 heavy (non-hydrogen) atoms. The van der Waals surface area contributed by atoms with E-state index in [1.54, 1.807) is 7.11 Å². The van der Waals surface area contributed by atoms with Crippen LogP contribution in [0.2, 0.25) is 0 Å². The summed E-state index contributed by atoms with van der Waals surface area (Å²) in [4.78, 5) is 0. The van der Waals surface area contributed by atoms with E-state index >= 15 is 0 Å². The summed E-state index contributed by atoms with van der Waals surface area (Å²) in [5, 5.41) is 0.989. The van der Waals surface area contributed by atoms with Gasteiger partial charge in [-0.25, -0.2) is 0 Å². The molecule has 0 fully saturated rings. The summed E-state index contributed by atoms with van der Waals surface area (Å²) >= 11 is 3.57. The lowest BCUT2D eigenvalue weighted by molar-refractivity contribution is 0.414. The highest BCUT2D eigenvalue weighted by Gasteiger charge is 2.22. The van der Waals surface area contributed by atoms with Gasteiger partial charge in [0, 0.05) is 10.7 Å². The van der Waals surface area contributed by atoms with Crippen LogP contribution < -0.4 is 4.74 Å². The molecule has 0 saturated heterocycles. The molecule has 0 amide bonds. The van der Waals surface area contributed by atoms with Gasteiger partial charge in [-0.2, -0.15) is 0 Å². The van der Waals surface area contributed by atoms with E-state index in [4.69, 9.17) is 4.74 Å². The van der Waals surface area contributed by atoms with Gasteiger partial charge in [0.15, 0.2) is 0 Å². The van der Waals surface area contributed by atoms with Crippen LogP contribution in [0, 0.1) is 0 Å². The van der Waals surface area contributed by atoms with Crippen molar-refractivity contribution in [1.29, 1.82) is 0 Å². The highest BCUT2D eigenvalue weighted by atomic mass is 79.9. The van der Waals surface area contributed by atoms with Crippen LogP contribution >= 0.6 is 15.9 Å². The summed E-state index contributed by atoms with van der Waals surface area (Å²) in [6.07, 6.45) is 1.13. The second-order valence-corrected chi connectivity index (χ2v) is 4.34. The monoisotopic (exact) mass is 256 g/mol. The highest BCUT2D eigenvalue weighted by Crippen LogP contribution is 2.30. The van der Waals surface area contributed by atoms with Gasteiger partial charge in [0.1, 0.15) is 5.75 Å². The molecule has 1 aromatic rings. The van der Waals surface area contributed by atoms with Crippen molar-refractivity contribution in [2.24, 2.45) is 0 Å². The van der Waals surface area contributed by atoms with Gasteiger partial charge in [-0.1, -0.05) is 41.9 Å². The standard InChI is InChI=1S/C12H17BrO/c1-4-12(2,9-13)10-5-7-11(14-3)8-6-10/h5-8H,4,9H2,1-3H3. The fourth-order valence-electron chi connectivity index (χ4n) is 1.37. The van der Waals surface area contributed by atoms with Crippen molar-refractivity contribution < 1.29 is 4.74 Å². The van der Waals surface area contributed by atoms with E-state index < -0.39 is 0 Å². The summed E-state index contributed by atoms with van der Waals surface area (Å²) in [5.74, 6) is 0.918. The molecule has 1 nitrogen and oxygen atoms in total. The average Bonchev–Trinajstić information content (AvgIpc) is 2.28. The molecular formula is C12H17BrO. The number of hydrogen-bond acceptors (Lipinski definition) is 1. The first-order valence-corrected chi connectivity index (χ1v) is 5.99. The van der Waals surface area contributed by atoms with Gasteiger partial charge < -0.3 is 4.74 Å². The number of ether oxygens (including phenoxy) is 1. The fourth-order valence-corrected chi connectivity index (χ4v) is 2.09. The summed E-state index contributed by atoms with van der Waals surface area (Å²) in [6, 6.07) is 8.32. The minimum atomic E-state index is 0.228. The number of alkyl halides is 1. The molecular weight excluding hydrogens is 240 g/mol. The van der Waals surface area contributed by atoms with Crippen LogP contribution in [0.15, 0.2) is 24.3 Å². The Hall–Kier alpha value is -0.500. The predicted octanol–water partition coefficient (Wildman–Crippen LogP) is 3.76. The summed E-state index contributed by atoms with van der Waals surface area (Å²) < 4.78 is 5.14. The molecule has 0 aromatic heterocycles. The predicted molar refractivity (Wildman–Crippen MR) is 64.4 cm³/mol. The lowest BCUT2D eigenvalue weighted by atomic mass is 9.82. The van der Waals surface area contributed by atoms with E-state index in [-0.39, 0.29) is 5.41 Å². The normalized spacial score (nSPS) is 14.9. The minimum absolute atomic E-state index is 0.228. The van der Waals surface area contributed by atoms with Crippen molar-refractivity contribution in [3.8, 4) is 5.75 Å². The Balaban J connectivity index is 2.95. The number of halogens is 1.